The molecule has 0 aromatic carbocycles. The van der Waals surface area contributed by atoms with E-state index in [0.717, 1.165) is 19.1 Å². The molecule has 0 bridgehead atoms. The summed E-state index contributed by atoms with van der Waals surface area (Å²) < 4.78 is 0. The molecule has 0 radical (unpaired) electrons. The van der Waals surface area contributed by atoms with Crippen molar-refractivity contribution < 1.29 is 7.65 Å². The summed E-state index contributed by atoms with van der Waals surface area (Å²) in [6.07, 6.45) is 16.7. The maximum absolute atomic E-state index is 10.1. The van der Waals surface area contributed by atoms with Crippen LogP contribution < -0.4 is 0 Å². The third-order valence-electron chi connectivity index (χ3n) is 2.93. The molecule has 0 atom stereocenters. The summed E-state index contributed by atoms with van der Waals surface area (Å²) in [6.45, 7) is 2.26. The zero-order chi connectivity index (χ0) is 11.2. The van der Waals surface area contributed by atoms with E-state index >= 15 is 0 Å². The van der Waals surface area contributed by atoms with Gasteiger partial charge in [0.25, 0.3) is 0 Å². The maximum atomic E-state index is 10.1. The van der Waals surface area contributed by atoms with E-state index in [1.165, 1.54) is 64.2 Å². The molecular formula is C14H30MgO. The Bertz CT molecular complexity index is 135. The fraction of sp³-hybridized carbons (Fsp3) is 0.929. The summed E-state index contributed by atoms with van der Waals surface area (Å²) in [5.41, 5.74) is 0. The molecule has 0 spiro atoms. The Morgan fingerprint density at radius 2 is 1.12 bits per heavy atom. The summed E-state index contributed by atoms with van der Waals surface area (Å²) in [7, 11) is 0. The van der Waals surface area contributed by atoms with Gasteiger partial charge in [0.1, 0.15) is 6.29 Å². The Balaban J connectivity index is -0.000000327. The van der Waals surface area contributed by atoms with Crippen molar-refractivity contribution in [2.24, 2.45) is 0 Å². The summed E-state index contributed by atoms with van der Waals surface area (Å²) in [5, 5.41) is 0. The second kappa shape index (κ2) is 17.8. The number of rotatable bonds is 12. The molecular weight excluding hydrogens is 208 g/mol. The zero-order valence-electron chi connectivity index (χ0n) is 13.2. The topological polar surface area (TPSA) is 17.1 Å². The van der Waals surface area contributed by atoms with Gasteiger partial charge in [0.2, 0.25) is 0 Å². The molecule has 94 valence electrons. The molecule has 0 aromatic rings. The average Bonchev–Trinajstić information content (AvgIpc) is 2.26. The fourth-order valence-corrected chi connectivity index (χ4v) is 1.89. The molecule has 0 aliphatic heterocycles. The monoisotopic (exact) mass is 238 g/mol. The van der Waals surface area contributed by atoms with Crippen LogP contribution in [0.4, 0.5) is 0 Å². The van der Waals surface area contributed by atoms with Crippen LogP contribution in [-0.4, -0.2) is 29.3 Å². The maximum Gasteiger partial charge on any atom is 2.00 e. The Morgan fingerprint density at radius 1 is 0.750 bits per heavy atom. The van der Waals surface area contributed by atoms with Gasteiger partial charge >= 0.3 is 23.1 Å². The van der Waals surface area contributed by atoms with Crippen molar-refractivity contribution in [2.45, 2.75) is 84.0 Å². The van der Waals surface area contributed by atoms with E-state index < -0.39 is 0 Å². The van der Waals surface area contributed by atoms with E-state index in [2.05, 4.69) is 6.92 Å². The van der Waals surface area contributed by atoms with E-state index in [1.807, 2.05) is 0 Å². The Hall–Kier alpha value is 0.436. The van der Waals surface area contributed by atoms with Crippen molar-refractivity contribution in [3.05, 3.63) is 0 Å². The van der Waals surface area contributed by atoms with Crippen LogP contribution in [0.3, 0.4) is 0 Å². The molecule has 0 aromatic heterocycles. The summed E-state index contributed by atoms with van der Waals surface area (Å²) in [6, 6.07) is 0. The van der Waals surface area contributed by atoms with Gasteiger partial charge in [-0.05, 0) is 6.42 Å². The van der Waals surface area contributed by atoms with Gasteiger partial charge in [-0.15, -0.1) is 0 Å². The van der Waals surface area contributed by atoms with Gasteiger partial charge < -0.3 is 7.65 Å². The van der Waals surface area contributed by atoms with Crippen LogP contribution in [0.5, 0.6) is 0 Å². The Morgan fingerprint density at radius 3 is 1.50 bits per heavy atom. The third-order valence-corrected chi connectivity index (χ3v) is 2.93. The Kier molecular flexibility index (Phi) is 20.9. The van der Waals surface area contributed by atoms with Crippen LogP contribution in [0.15, 0.2) is 0 Å². The van der Waals surface area contributed by atoms with Crippen LogP contribution in [0.2, 0.25) is 0 Å². The molecule has 0 saturated carbocycles. The smallest absolute Gasteiger partial charge is 1.00 e. The van der Waals surface area contributed by atoms with Crippen molar-refractivity contribution in [1.82, 2.24) is 0 Å². The molecule has 1 nitrogen and oxygen atoms in total. The molecule has 2 heteroatoms. The SMILES string of the molecule is CCCCCCCCCCCCCC=O.[H-].[H-].[Mg+2]. The first-order chi connectivity index (χ1) is 7.41. The summed E-state index contributed by atoms with van der Waals surface area (Å²) in [5.74, 6) is 0. The van der Waals surface area contributed by atoms with Gasteiger partial charge in [-0.2, -0.15) is 0 Å². The number of carbonyl (C=O) groups is 1. The van der Waals surface area contributed by atoms with Gasteiger partial charge in [0, 0.05) is 6.42 Å². The minimum Gasteiger partial charge on any atom is -1.00 e. The molecule has 0 rings (SSSR count). The predicted molar refractivity (Wildman–Crippen MR) is 75.1 cm³/mol. The number of carbonyl (C=O) groups excluding carboxylic acids is 1. The molecule has 0 unspecified atom stereocenters. The first-order valence-electron chi connectivity index (χ1n) is 6.85. The first-order valence-corrected chi connectivity index (χ1v) is 6.85. The van der Waals surface area contributed by atoms with Crippen molar-refractivity contribution in [2.75, 3.05) is 0 Å². The van der Waals surface area contributed by atoms with Crippen molar-refractivity contribution in [3.8, 4) is 0 Å². The average molecular weight is 239 g/mol. The van der Waals surface area contributed by atoms with E-state index in [0.29, 0.717) is 0 Å². The van der Waals surface area contributed by atoms with Crippen LogP contribution in [0.25, 0.3) is 0 Å². The zero-order valence-corrected chi connectivity index (χ0v) is 12.6. The summed E-state index contributed by atoms with van der Waals surface area (Å²) >= 11 is 0. The van der Waals surface area contributed by atoms with Crippen LogP contribution >= 0.6 is 0 Å². The second-order valence-electron chi connectivity index (χ2n) is 4.49. The molecule has 0 N–H and O–H groups in total. The van der Waals surface area contributed by atoms with Crippen molar-refractivity contribution in [1.29, 1.82) is 0 Å². The normalized spacial score (nSPS) is 9.81. The molecule has 0 fully saturated rings. The standard InChI is InChI=1S/C14H28O.Mg.2H/c1-2-3-4-5-6-7-8-9-10-11-12-13-14-15;;;/h14H,2-13H2,1H3;;;/q;+2;2*-1. The number of aldehydes is 1. The van der Waals surface area contributed by atoms with Gasteiger partial charge in [0.15, 0.2) is 0 Å². The quantitative estimate of drug-likeness (QED) is 0.273. The molecule has 0 aliphatic rings. The van der Waals surface area contributed by atoms with Gasteiger partial charge in [0.05, 0.1) is 0 Å². The molecule has 0 saturated heterocycles. The molecule has 16 heavy (non-hydrogen) atoms. The number of hydrogen-bond donors (Lipinski definition) is 0. The van der Waals surface area contributed by atoms with Crippen LogP contribution in [-0.2, 0) is 4.79 Å². The number of hydrogen-bond acceptors (Lipinski definition) is 1. The van der Waals surface area contributed by atoms with Crippen molar-refractivity contribution in [3.63, 3.8) is 0 Å². The van der Waals surface area contributed by atoms with E-state index in [9.17, 15) is 4.79 Å². The molecule has 0 amide bonds. The molecule has 0 aliphatic carbocycles. The third kappa shape index (κ3) is 16.9. The van der Waals surface area contributed by atoms with E-state index in [4.69, 9.17) is 0 Å². The fourth-order valence-electron chi connectivity index (χ4n) is 1.89. The van der Waals surface area contributed by atoms with Crippen LogP contribution in [0, 0.1) is 0 Å². The van der Waals surface area contributed by atoms with Gasteiger partial charge in [-0.25, -0.2) is 0 Å². The van der Waals surface area contributed by atoms with Gasteiger partial charge in [-0.1, -0.05) is 71.1 Å². The van der Waals surface area contributed by atoms with Crippen LogP contribution in [0.1, 0.15) is 86.8 Å². The Labute approximate surface area is 121 Å². The van der Waals surface area contributed by atoms with E-state index in [-0.39, 0.29) is 25.9 Å². The largest absolute Gasteiger partial charge is 2.00 e. The van der Waals surface area contributed by atoms with Gasteiger partial charge in [-0.3, -0.25) is 0 Å². The molecule has 0 heterocycles. The van der Waals surface area contributed by atoms with Crippen molar-refractivity contribution >= 4 is 29.3 Å². The minimum absolute atomic E-state index is 0. The minimum atomic E-state index is 0. The summed E-state index contributed by atoms with van der Waals surface area (Å²) in [4.78, 5) is 10.1. The number of unbranched alkanes of at least 4 members (excludes halogenated alkanes) is 11. The van der Waals surface area contributed by atoms with E-state index in [1.54, 1.807) is 0 Å². The second-order valence-corrected chi connectivity index (χ2v) is 4.49. The first kappa shape index (κ1) is 18.8. The predicted octanol–water partition coefficient (Wildman–Crippen LogP) is 4.73.